The minimum atomic E-state index is 0. The molecule has 94 valence electrons. The summed E-state index contributed by atoms with van der Waals surface area (Å²) >= 11 is 0. The molecule has 1 heterocycles. The molecule has 0 N–H and O–H groups in total. The van der Waals surface area contributed by atoms with Gasteiger partial charge in [-0.2, -0.15) is 5.56 Å². The summed E-state index contributed by atoms with van der Waals surface area (Å²) < 4.78 is 5.27. The fraction of sp³-hybridized carbons (Fsp3) is 0.111. The van der Waals surface area contributed by atoms with E-state index in [1.165, 1.54) is 16.7 Å². The first kappa shape index (κ1) is 14.7. The zero-order valence-electron chi connectivity index (χ0n) is 11.7. The van der Waals surface area contributed by atoms with Crippen LogP contribution in [0.2, 0.25) is 0 Å². The van der Waals surface area contributed by atoms with Crippen molar-refractivity contribution in [2.24, 2.45) is 0 Å². The van der Waals surface area contributed by atoms with Crippen LogP contribution in [0.15, 0.2) is 71.3 Å². The van der Waals surface area contributed by atoms with E-state index in [0.717, 1.165) is 18.4 Å². The Morgan fingerprint density at radius 3 is 1.90 bits per heavy atom. The summed E-state index contributed by atoms with van der Waals surface area (Å²) in [6.07, 6.45) is 6.58. The largest absolute Gasteiger partial charge is 1.00 e. The van der Waals surface area contributed by atoms with E-state index in [9.17, 15) is 0 Å². The molecule has 2 aromatic carbocycles. The Hall–Kier alpha value is -1.68. The first-order valence-electron chi connectivity index (χ1n) is 6.46. The minimum absolute atomic E-state index is 0. The molecule has 0 aliphatic rings. The maximum atomic E-state index is 5.27. The van der Waals surface area contributed by atoms with Gasteiger partial charge in [0.25, 0.3) is 0 Å². The molecule has 0 fully saturated rings. The maximum absolute atomic E-state index is 5.27. The summed E-state index contributed by atoms with van der Waals surface area (Å²) in [5, 5.41) is 0. The fourth-order valence-electron chi connectivity index (χ4n) is 2.22. The van der Waals surface area contributed by atoms with E-state index in [-0.39, 0.29) is 18.9 Å². The maximum Gasteiger partial charge on any atom is 1.00 e. The normalized spacial score (nSPS) is 10.0. The van der Waals surface area contributed by atoms with Crippen LogP contribution >= 0.6 is 0 Å². The molecular formula is C18H15LiO. The van der Waals surface area contributed by atoms with Gasteiger partial charge in [0, 0.05) is 0 Å². The smallest absolute Gasteiger partial charge is 0.598 e. The van der Waals surface area contributed by atoms with Gasteiger partial charge >= 0.3 is 18.9 Å². The van der Waals surface area contributed by atoms with Gasteiger partial charge in [0.15, 0.2) is 0 Å². The van der Waals surface area contributed by atoms with Gasteiger partial charge in [-0.3, -0.25) is 0 Å². The van der Waals surface area contributed by atoms with E-state index in [1.54, 1.807) is 0 Å². The molecule has 20 heavy (non-hydrogen) atoms. The van der Waals surface area contributed by atoms with Crippen molar-refractivity contribution in [1.29, 1.82) is 0 Å². The van der Waals surface area contributed by atoms with Gasteiger partial charge in [-0.25, -0.2) is 0 Å². The molecule has 0 spiro atoms. The van der Waals surface area contributed by atoms with E-state index < -0.39 is 0 Å². The van der Waals surface area contributed by atoms with Crippen molar-refractivity contribution < 1.29 is 23.3 Å². The van der Waals surface area contributed by atoms with Gasteiger partial charge in [-0.1, -0.05) is 78.9 Å². The molecule has 0 saturated carbocycles. The number of hydrogen-bond donors (Lipinski definition) is 0. The predicted molar refractivity (Wildman–Crippen MR) is 76.0 cm³/mol. The Morgan fingerprint density at radius 2 is 1.30 bits per heavy atom. The van der Waals surface area contributed by atoms with Crippen molar-refractivity contribution >= 4 is 0 Å². The van der Waals surface area contributed by atoms with E-state index in [4.69, 9.17) is 4.42 Å². The van der Waals surface area contributed by atoms with Gasteiger partial charge in [0.2, 0.25) is 0 Å². The monoisotopic (exact) mass is 254 g/mol. The molecule has 0 amide bonds. The molecule has 0 atom stereocenters. The average molecular weight is 254 g/mol. The number of hydrogen-bond acceptors (Lipinski definition) is 1. The zero-order chi connectivity index (χ0) is 12.9. The third-order valence-corrected chi connectivity index (χ3v) is 3.23. The van der Waals surface area contributed by atoms with Gasteiger partial charge in [0.1, 0.15) is 0 Å². The van der Waals surface area contributed by atoms with E-state index in [1.807, 2.05) is 18.4 Å². The molecule has 0 aliphatic heterocycles. The Balaban J connectivity index is 0.00000147. The van der Waals surface area contributed by atoms with Crippen molar-refractivity contribution in [1.82, 2.24) is 0 Å². The SMILES string of the molecule is [Li+].[c-]1occ(Cc2ccccc2)c1Cc1ccccc1. The standard InChI is InChI=1S/C18H15O.Li/c1-3-7-15(8-4-1)11-17-13-19-14-18(17)12-16-9-5-2-6-10-16;/h1-10,13H,11-12H2;/q-1;+1. The number of rotatable bonds is 4. The molecule has 3 aromatic rings. The quantitative estimate of drug-likeness (QED) is 0.505. The molecular weight excluding hydrogens is 239 g/mol. The van der Waals surface area contributed by atoms with E-state index >= 15 is 0 Å². The van der Waals surface area contributed by atoms with Crippen LogP contribution in [-0.2, 0) is 12.8 Å². The molecule has 1 aromatic heterocycles. The molecule has 0 saturated heterocycles. The topological polar surface area (TPSA) is 13.1 Å². The summed E-state index contributed by atoms with van der Waals surface area (Å²) in [7, 11) is 0. The van der Waals surface area contributed by atoms with Crippen LogP contribution < -0.4 is 18.9 Å². The molecule has 0 aliphatic carbocycles. The van der Waals surface area contributed by atoms with Crippen LogP contribution in [0.3, 0.4) is 0 Å². The molecule has 0 radical (unpaired) electrons. The molecule has 0 bridgehead atoms. The van der Waals surface area contributed by atoms with Crippen LogP contribution in [-0.4, -0.2) is 0 Å². The average Bonchev–Trinajstić information content (AvgIpc) is 2.88. The molecule has 1 nitrogen and oxygen atoms in total. The van der Waals surface area contributed by atoms with Crippen molar-refractivity contribution in [2.75, 3.05) is 0 Å². The van der Waals surface area contributed by atoms with Crippen molar-refractivity contribution in [3.8, 4) is 0 Å². The van der Waals surface area contributed by atoms with Crippen LogP contribution in [0.5, 0.6) is 0 Å². The van der Waals surface area contributed by atoms with Gasteiger partial charge < -0.3 is 4.42 Å². The Labute approximate surface area is 131 Å². The summed E-state index contributed by atoms with van der Waals surface area (Å²) in [6, 6.07) is 20.9. The Morgan fingerprint density at radius 1 is 0.750 bits per heavy atom. The summed E-state index contributed by atoms with van der Waals surface area (Å²) in [4.78, 5) is 0. The second kappa shape index (κ2) is 7.19. The molecule has 2 heteroatoms. The Kier molecular flexibility index (Phi) is 5.29. The Bertz CT molecular complexity index is 573. The minimum Gasteiger partial charge on any atom is -0.598 e. The predicted octanol–water partition coefficient (Wildman–Crippen LogP) is 1.27. The van der Waals surface area contributed by atoms with Crippen LogP contribution in [0.1, 0.15) is 22.3 Å². The summed E-state index contributed by atoms with van der Waals surface area (Å²) in [5.41, 5.74) is 4.95. The fourth-order valence-corrected chi connectivity index (χ4v) is 2.22. The van der Waals surface area contributed by atoms with Crippen molar-refractivity contribution in [3.63, 3.8) is 0 Å². The van der Waals surface area contributed by atoms with Crippen LogP contribution in [0.25, 0.3) is 0 Å². The molecule has 3 rings (SSSR count). The van der Waals surface area contributed by atoms with E-state index in [2.05, 4.69) is 54.8 Å². The second-order valence-electron chi connectivity index (χ2n) is 4.67. The van der Waals surface area contributed by atoms with Crippen LogP contribution in [0.4, 0.5) is 0 Å². The second-order valence-corrected chi connectivity index (χ2v) is 4.67. The first-order chi connectivity index (χ1) is 9.42. The van der Waals surface area contributed by atoms with Gasteiger partial charge in [-0.05, 0) is 18.2 Å². The van der Waals surface area contributed by atoms with E-state index in [0.29, 0.717) is 0 Å². The number of furan rings is 1. The van der Waals surface area contributed by atoms with Crippen molar-refractivity contribution in [3.05, 3.63) is 95.4 Å². The van der Waals surface area contributed by atoms with Crippen molar-refractivity contribution in [2.45, 2.75) is 12.8 Å². The summed E-state index contributed by atoms with van der Waals surface area (Å²) in [6.45, 7) is 0. The molecule has 0 unspecified atom stereocenters. The number of benzene rings is 2. The first-order valence-corrected chi connectivity index (χ1v) is 6.46. The van der Waals surface area contributed by atoms with Crippen LogP contribution in [0, 0.1) is 6.26 Å². The van der Waals surface area contributed by atoms with Gasteiger partial charge in [-0.15, -0.1) is 5.56 Å². The van der Waals surface area contributed by atoms with Gasteiger partial charge in [0.05, 0.1) is 0 Å². The summed E-state index contributed by atoms with van der Waals surface area (Å²) in [5.74, 6) is 0. The third kappa shape index (κ3) is 3.67. The zero-order valence-corrected chi connectivity index (χ0v) is 11.7. The third-order valence-electron chi connectivity index (χ3n) is 3.23.